The summed E-state index contributed by atoms with van der Waals surface area (Å²) < 4.78 is 0. The van der Waals surface area contributed by atoms with Crippen molar-refractivity contribution in [2.24, 2.45) is 0 Å². The van der Waals surface area contributed by atoms with Crippen molar-refractivity contribution in [2.45, 2.75) is 19.3 Å². The third-order valence-electron chi connectivity index (χ3n) is 3.63. The second kappa shape index (κ2) is 6.36. The van der Waals surface area contributed by atoms with Crippen LogP contribution in [0, 0.1) is 0 Å². The lowest BCUT2D eigenvalue weighted by Crippen LogP contribution is -2.12. The molecule has 0 aliphatic heterocycles. The molecule has 0 aliphatic carbocycles. The molecule has 0 saturated carbocycles. The van der Waals surface area contributed by atoms with Crippen LogP contribution in [0.15, 0.2) is 73.3 Å². The van der Waals surface area contributed by atoms with E-state index in [0.29, 0.717) is 5.56 Å². The summed E-state index contributed by atoms with van der Waals surface area (Å²) >= 11 is 0. The van der Waals surface area contributed by atoms with Gasteiger partial charge in [0.25, 0.3) is 0 Å². The molecule has 2 rings (SSSR count). The van der Waals surface area contributed by atoms with Gasteiger partial charge in [-0.1, -0.05) is 80.6 Å². The molecule has 0 radical (unpaired) electrons. The predicted octanol–water partition coefficient (Wildman–Crippen LogP) is 5.05. The molecule has 1 heteroatoms. The minimum Gasteiger partial charge on any atom is -0.289 e. The second-order valence-electron chi connectivity index (χ2n) is 5.61. The third kappa shape index (κ3) is 3.79. The average molecular weight is 276 g/mol. The highest BCUT2D eigenvalue weighted by Crippen LogP contribution is 2.25. The topological polar surface area (TPSA) is 17.1 Å². The Bertz CT molecular complexity index is 663. The summed E-state index contributed by atoms with van der Waals surface area (Å²) in [6.07, 6.45) is 5.41. The fourth-order valence-electron chi connectivity index (χ4n) is 2.03. The van der Waals surface area contributed by atoms with E-state index >= 15 is 0 Å². The molecule has 2 aromatic carbocycles. The zero-order valence-corrected chi connectivity index (χ0v) is 12.5. The summed E-state index contributed by atoms with van der Waals surface area (Å²) in [6, 6.07) is 17.5. The van der Waals surface area contributed by atoms with Gasteiger partial charge in [0.15, 0.2) is 5.78 Å². The van der Waals surface area contributed by atoms with Crippen LogP contribution in [0.25, 0.3) is 6.08 Å². The second-order valence-corrected chi connectivity index (χ2v) is 5.61. The van der Waals surface area contributed by atoms with Gasteiger partial charge in [-0.2, -0.15) is 0 Å². The zero-order valence-electron chi connectivity index (χ0n) is 12.5. The van der Waals surface area contributed by atoms with E-state index in [4.69, 9.17) is 0 Å². The lowest BCUT2D eigenvalue weighted by Gasteiger charge is -2.20. The Morgan fingerprint density at radius 1 is 1.05 bits per heavy atom. The van der Waals surface area contributed by atoms with E-state index < -0.39 is 0 Å². The van der Waals surface area contributed by atoms with Crippen molar-refractivity contribution in [3.63, 3.8) is 0 Å². The van der Waals surface area contributed by atoms with Crippen LogP contribution in [0.3, 0.4) is 0 Å². The minimum absolute atomic E-state index is 0.0176. The summed E-state index contributed by atoms with van der Waals surface area (Å²) in [5, 5.41) is 0. The number of benzene rings is 2. The molecule has 2 aromatic rings. The molecule has 0 atom stereocenters. The number of hydrogen-bond donors (Lipinski definition) is 0. The van der Waals surface area contributed by atoms with Crippen LogP contribution >= 0.6 is 0 Å². The lowest BCUT2D eigenvalue weighted by molar-refractivity contribution is 0.104. The summed E-state index contributed by atoms with van der Waals surface area (Å²) in [7, 11) is 0. The highest BCUT2D eigenvalue weighted by atomic mass is 16.1. The number of carbonyl (C=O) groups excluding carboxylic acids is 1. The Morgan fingerprint density at radius 2 is 1.76 bits per heavy atom. The first kappa shape index (κ1) is 15.0. The molecule has 21 heavy (non-hydrogen) atoms. The largest absolute Gasteiger partial charge is 0.289 e. The van der Waals surface area contributed by atoms with Gasteiger partial charge in [-0.3, -0.25) is 4.79 Å². The highest BCUT2D eigenvalue weighted by molar-refractivity contribution is 6.06. The lowest BCUT2D eigenvalue weighted by atomic mass is 9.84. The Labute approximate surface area is 126 Å². The van der Waals surface area contributed by atoms with Crippen molar-refractivity contribution >= 4 is 11.9 Å². The number of hydrogen-bond acceptors (Lipinski definition) is 1. The number of carbonyl (C=O) groups is 1. The van der Waals surface area contributed by atoms with E-state index in [1.807, 2.05) is 54.6 Å². The Hall–Kier alpha value is -2.41. The van der Waals surface area contributed by atoms with Crippen molar-refractivity contribution in [3.8, 4) is 0 Å². The summed E-state index contributed by atoms with van der Waals surface area (Å²) in [5.41, 5.74) is 2.84. The number of ketones is 1. The van der Waals surface area contributed by atoms with E-state index in [1.54, 1.807) is 6.08 Å². The monoisotopic (exact) mass is 276 g/mol. The molecule has 0 heterocycles. The van der Waals surface area contributed by atoms with Gasteiger partial charge in [-0.15, -0.1) is 6.58 Å². The van der Waals surface area contributed by atoms with Gasteiger partial charge >= 0.3 is 0 Å². The molecule has 0 N–H and O–H groups in total. The molecule has 0 fully saturated rings. The molecule has 0 unspecified atom stereocenters. The van der Waals surface area contributed by atoms with Gasteiger partial charge < -0.3 is 0 Å². The molecule has 0 aliphatic rings. The predicted molar refractivity (Wildman–Crippen MR) is 89.5 cm³/mol. The fraction of sp³-hybridized carbons (Fsp3) is 0.150. The molecule has 106 valence electrons. The molecule has 0 bridgehead atoms. The van der Waals surface area contributed by atoms with E-state index in [9.17, 15) is 4.79 Å². The van der Waals surface area contributed by atoms with Crippen molar-refractivity contribution in [2.75, 3.05) is 0 Å². The van der Waals surface area contributed by atoms with Crippen LogP contribution in [-0.4, -0.2) is 5.78 Å². The standard InChI is InChI=1S/C20H20O/c1-4-20(2,3)18-12-8-9-16(15-18)13-14-19(21)17-10-6-5-7-11-17/h4-15H,1H2,2-3H3. The smallest absolute Gasteiger partial charge is 0.185 e. The van der Waals surface area contributed by atoms with Crippen LogP contribution in [-0.2, 0) is 5.41 Å². The Balaban J connectivity index is 2.20. The van der Waals surface area contributed by atoms with Crippen molar-refractivity contribution in [1.82, 2.24) is 0 Å². The summed E-state index contributed by atoms with van der Waals surface area (Å²) in [4.78, 5) is 12.1. The van der Waals surface area contributed by atoms with E-state index in [2.05, 4.69) is 32.6 Å². The van der Waals surface area contributed by atoms with Crippen molar-refractivity contribution in [1.29, 1.82) is 0 Å². The van der Waals surface area contributed by atoms with E-state index in [-0.39, 0.29) is 11.2 Å². The van der Waals surface area contributed by atoms with Crippen LogP contribution in [0.5, 0.6) is 0 Å². The van der Waals surface area contributed by atoms with E-state index in [0.717, 1.165) is 5.56 Å². The SMILES string of the molecule is C=CC(C)(C)c1cccc(C=CC(=O)c2ccccc2)c1. The number of allylic oxidation sites excluding steroid dienone is 2. The maximum absolute atomic E-state index is 12.1. The molecule has 0 spiro atoms. The maximum atomic E-state index is 12.1. The highest BCUT2D eigenvalue weighted by Gasteiger charge is 2.15. The minimum atomic E-state index is -0.0761. The zero-order chi connectivity index (χ0) is 15.3. The van der Waals surface area contributed by atoms with Crippen molar-refractivity contribution < 1.29 is 4.79 Å². The normalized spacial score (nSPS) is 11.5. The first-order valence-corrected chi connectivity index (χ1v) is 7.04. The quantitative estimate of drug-likeness (QED) is 0.424. The first-order valence-electron chi connectivity index (χ1n) is 7.04. The summed E-state index contributed by atoms with van der Waals surface area (Å²) in [5.74, 6) is 0.0176. The molecular weight excluding hydrogens is 256 g/mol. The molecular formula is C20H20O. The van der Waals surface area contributed by atoms with Gasteiger partial charge in [0.05, 0.1) is 0 Å². The number of rotatable bonds is 5. The van der Waals surface area contributed by atoms with Crippen LogP contribution in [0.2, 0.25) is 0 Å². The van der Waals surface area contributed by atoms with Crippen LogP contribution < -0.4 is 0 Å². The molecule has 0 aromatic heterocycles. The third-order valence-corrected chi connectivity index (χ3v) is 3.63. The van der Waals surface area contributed by atoms with Gasteiger partial charge in [-0.05, 0) is 17.2 Å². The van der Waals surface area contributed by atoms with E-state index in [1.165, 1.54) is 5.56 Å². The van der Waals surface area contributed by atoms with Crippen LogP contribution in [0.4, 0.5) is 0 Å². The Morgan fingerprint density at radius 3 is 2.43 bits per heavy atom. The van der Waals surface area contributed by atoms with Gasteiger partial charge in [0.1, 0.15) is 0 Å². The average Bonchev–Trinajstić information content (AvgIpc) is 2.53. The molecule has 0 saturated heterocycles. The fourth-order valence-corrected chi connectivity index (χ4v) is 2.03. The van der Waals surface area contributed by atoms with Gasteiger partial charge in [0, 0.05) is 11.0 Å². The molecule has 0 amide bonds. The van der Waals surface area contributed by atoms with Crippen LogP contribution in [0.1, 0.15) is 35.3 Å². The van der Waals surface area contributed by atoms with Gasteiger partial charge in [0.2, 0.25) is 0 Å². The van der Waals surface area contributed by atoms with Gasteiger partial charge in [-0.25, -0.2) is 0 Å². The van der Waals surface area contributed by atoms with Crippen molar-refractivity contribution in [3.05, 3.63) is 90.0 Å². The first-order chi connectivity index (χ1) is 10.0. The Kier molecular flexibility index (Phi) is 4.54. The molecule has 1 nitrogen and oxygen atoms in total. The maximum Gasteiger partial charge on any atom is 0.185 e. The summed E-state index contributed by atoms with van der Waals surface area (Å²) in [6.45, 7) is 8.13.